The third-order valence-corrected chi connectivity index (χ3v) is 4.05. The molecule has 2 aromatic carbocycles. The smallest absolute Gasteiger partial charge is 0.205 e. The maximum absolute atomic E-state index is 5.59. The van der Waals surface area contributed by atoms with E-state index in [1.165, 1.54) is 22.5 Å². The predicted octanol–water partition coefficient (Wildman–Crippen LogP) is 4.15. The van der Waals surface area contributed by atoms with Crippen molar-refractivity contribution in [3.8, 4) is 11.1 Å². The average molecular weight is 308 g/mol. The normalized spacial score (nSPS) is 11.0. The molecule has 0 atom stereocenters. The van der Waals surface area contributed by atoms with Gasteiger partial charge in [-0.25, -0.2) is 4.98 Å². The summed E-state index contributed by atoms with van der Waals surface area (Å²) in [7, 11) is 0. The zero-order valence-electron chi connectivity index (χ0n) is 12.2. The van der Waals surface area contributed by atoms with Crippen LogP contribution >= 0.6 is 11.3 Å². The molecule has 1 aromatic heterocycles. The van der Waals surface area contributed by atoms with Crippen molar-refractivity contribution in [2.45, 2.75) is 6.92 Å². The Balaban J connectivity index is 1.87. The van der Waals surface area contributed by atoms with Crippen LogP contribution in [0.3, 0.4) is 0 Å². The zero-order chi connectivity index (χ0) is 15.4. The lowest BCUT2D eigenvalue weighted by Gasteiger charge is -2.08. The topological polar surface area (TPSA) is 63.3 Å². The molecule has 0 aliphatic carbocycles. The van der Waals surface area contributed by atoms with Gasteiger partial charge in [0, 0.05) is 10.9 Å². The maximum Gasteiger partial charge on any atom is 0.205 e. The number of thiazole rings is 1. The van der Waals surface area contributed by atoms with E-state index >= 15 is 0 Å². The molecule has 0 radical (unpaired) electrons. The first-order valence-electron chi connectivity index (χ1n) is 6.89. The van der Waals surface area contributed by atoms with Gasteiger partial charge in [-0.05, 0) is 23.6 Å². The number of anilines is 2. The van der Waals surface area contributed by atoms with Crippen LogP contribution in [0.1, 0.15) is 11.1 Å². The van der Waals surface area contributed by atoms with Gasteiger partial charge in [-0.15, -0.1) is 11.3 Å². The third kappa shape index (κ3) is 3.15. The molecule has 3 N–H and O–H groups in total. The molecular formula is C17H16N4S. The first-order chi connectivity index (χ1) is 10.7. The van der Waals surface area contributed by atoms with Crippen molar-refractivity contribution >= 4 is 28.5 Å². The van der Waals surface area contributed by atoms with Crippen molar-refractivity contribution in [3.63, 3.8) is 0 Å². The Morgan fingerprint density at radius 1 is 1.09 bits per heavy atom. The van der Waals surface area contributed by atoms with Crippen LogP contribution < -0.4 is 11.2 Å². The van der Waals surface area contributed by atoms with Crippen LogP contribution in [-0.4, -0.2) is 11.2 Å². The SMILES string of the molecule is Cc1ccccc1-c1ccccc1C=NNc1nc(N)cs1. The molecule has 0 amide bonds. The summed E-state index contributed by atoms with van der Waals surface area (Å²) >= 11 is 1.43. The van der Waals surface area contributed by atoms with Gasteiger partial charge in [0.2, 0.25) is 5.13 Å². The molecule has 110 valence electrons. The number of rotatable bonds is 4. The molecule has 3 aromatic rings. The van der Waals surface area contributed by atoms with Gasteiger partial charge < -0.3 is 5.73 Å². The van der Waals surface area contributed by atoms with E-state index in [-0.39, 0.29) is 0 Å². The first-order valence-corrected chi connectivity index (χ1v) is 7.77. The highest BCUT2D eigenvalue weighted by molar-refractivity contribution is 7.14. The lowest BCUT2D eigenvalue weighted by atomic mass is 9.97. The molecule has 22 heavy (non-hydrogen) atoms. The van der Waals surface area contributed by atoms with E-state index in [4.69, 9.17) is 5.73 Å². The highest BCUT2D eigenvalue weighted by atomic mass is 32.1. The summed E-state index contributed by atoms with van der Waals surface area (Å²) in [6.07, 6.45) is 1.80. The largest absolute Gasteiger partial charge is 0.383 e. The minimum atomic E-state index is 0.503. The lowest BCUT2D eigenvalue weighted by molar-refractivity contribution is 1.29. The molecule has 0 aliphatic rings. The highest BCUT2D eigenvalue weighted by Crippen LogP contribution is 2.25. The number of aryl methyl sites for hydroxylation is 1. The van der Waals surface area contributed by atoms with Crippen molar-refractivity contribution in [2.24, 2.45) is 5.10 Å². The average Bonchev–Trinajstić information content (AvgIpc) is 2.94. The van der Waals surface area contributed by atoms with Gasteiger partial charge in [-0.2, -0.15) is 5.10 Å². The molecule has 0 unspecified atom stereocenters. The number of aromatic nitrogens is 1. The quantitative estimate of drug-likeness (QED) is 0.562. The molecule has 3 rings (SSSR count). The molecule has 0 fully saturated rings. The summed E-state index contributed by atoms with van der Waals surface area (Å²) in [6, 6.07) is 16.5. The Morgan fingerprint density at radius 3 is 2.55 bits per heavy atom. The lowest BCUT2D eigenvalue weighted by Crippen LogP contribution is -1.94. The van der Waals surface area contributed by atoms with Crippen LogP contribution in [0, 0.1) is 6.92 Å². The van der Waals surface area contributed by atoms with Gasteiger partial charge in [-0.3, -0.25) is 5.43 Å². The van der Waals surface area contributed by atoms with E-state index in [1.54, 1.807) is 11.6 Å². The number of hydrogen-bond donors (Lipinski definition) is 2. The molecule has 0 bridgehead atoms. The number of nitrogens with two attached hydrogens (primary N) is 1. The molecule has 0 spiro atoms. The van der Waals surface area contributed by atoms with Crippen LogP contribution in [0.2, 0.25) is 0 Å². The summed E-state index contributed by atoms with van der Waals surface area (Å²) < 4.78 is 0. The first kappa shape index (κ1) is 14.3. The van der Waals surface area contributed by atoms with Gasteiger partial charge in [-0.1, -0.05) is 48.5 Å². The molecule has 0 saturated carbocycles. The zero-order valence-corrected chi connectivity index (χ0v) is 13.0. The number of benzene rings is 2. The Labute approximate surface area is 133 Å². The predicted molar refractivity (Wildman–Crippen MR) is 94.4 cm³/mol. The van der Waals surface area contributed by atoms with Crippen LogP contribution in [0.4, 0.5) is 10.9 Å². The maximum atomic E-state index is 5.59. The number of hydrogen-bond acceptors (Lipinski definition) is 5. The fraction of sp³-hybridized carbons (Fsp3) is 0.0588. The molecule has 0 aliphatic heterocycles. The van der Waals surface area contributed by atoms with Crippen molar-refractivity contribution in [1.82, 2.24) is 4.98 Å². The van der Waals surface area contributed by atoms with Crippen LogP contribution in [0.15, 0.2) is 59.0 Å². The number of hydrazone groups is 1. The minimum Gasteiger partial charge on any atom is -0.383 e. The van der Waals surface area contributed by atoms with E-state index in [2.05, 4.69) is 40.6 Å². The van der Waals surface area contributed by atoms with Crippen molar-refractivity contribution in [1.29, 1.82) is 0 Å². The van der Waals surface area contributed by atoms with Gasteiger partial charge in [0.25, 0.3) is 0 Å². The number of nitrogen functional groups attached to an aromatic ring is 1. The summed E-state index contributed by atoms with van der Waals surface area (Å²) in [5.74, 6) is 0.503. The molecule has 4 nitrogen and oxygen atoms in total. The highest BCUT2D eigenvalue weighted by Gasteiger charge is 2.05. The monoisotopic (exact) mass is 308 g/mol. The molecular weight excluding hydrogens is 292 g/mol. The minimum absolute atomic E-state index is 0.503. The fourth-order valence-electron chi connectivity index (χ4n) is 2.22. The summed E-state index contributed by atoms with van der Waals surface area (Å²) in [5, 5.41) is 6.72. The van der Waals surface area contributed by atoms with E-state index < -0.39 is 0 Å². The second kappa shape index (κ2) is 6.41. The summed E-state index contributed by atoms with van der Waals surface area (Å²) in [4.78, 5) is 4.11. The molecule has 0 saturated heterocycles. The Kier molecular flexibility index (Phi) is 4.16. The van der Waals surface area contributed by atoms with E-state index in [0.717, 1.165) is 11.1 Å². The second-order valence-corrected chi connectivity index (χ2v) is 5.71. The van der Waals surface area contributed by atoms with Crippen molar-refractivity contribution in [3.05, 3.63) is 65.0 Å². The standard InChI is InChI=1S/C17H16N4S/c1-12-6-2-4-8-14(12)15-9-5-3-7-13(15)10-19-21-17-20-16(18)11-22-17/h2-11H,18H2,1H3,(H,20,21). The fourth-order valence-corrected chi connectivity index (χ4v) is 2.77. The van der Waals surface area contributed by atoms with Crippen LogP contribution in [-0.2, 0) is 0 Å². The second-order valence-electron chi connectivity index (χ2n) is 4.85. The van der Waals surface area contributed by atoms with Gasteiger partial charge >= 0.3 is 0 Å². The number of nitrogens with one attached hydrogen (secondary N) is 1. The van der Waals surface area contributed by atoms with Crippen molar-refractivity contribution < 1.29 is 0 Å². The number of nitrogens with zero attached hydrogens (tertiary/aromatic N) is 2. The Bertz CT molecular complexity index is 808. The molecule has 1 heterocycles. The summed E-state index contributed by atoms with van der Waals surface area (Å²) in [5.41, 5.74) is 13.1. The van der Waals surface area contributed by atoms with Gasteiger partial charge in [0.05, 0.1) is 6.21 Å². The van der Waals surface area contributed by atoms with Crippen molar-refractivity contribution in [2.75, 3.05) is 11.2 Å². The Hall–Kier alpha value is -2.66. The van der Waals surface area contributed by atoms with E-state index in [0.29, 0.717) is 10.9 Å². The Morgan fingerprint density at radius 2 is 1.82 bits per heavy atom. The third-order valence-electron chi connectivity index (χ3n) is 3.28. The van der Waals surface area contributed by atoms with Gasteiger partial charge in [0.15, 0.2) is 0 Å². The van der Waals surface area contributed by atoms with Crippen LogP contribution in [0.5, 0.6) is 0 Å². The summed E-state index contributed by atoms with van der Waals surface area (Å²) in [6.45, 7) is 2.11. The van der Waals surface area contributed by atoms with E-state index in [1.807, 2.05) is 30.3 Å². The van der Waals surface area contributed by atoms with Crippen LogP contribution in [0.25, 0.3) is 11.1 Å². The van der Waals surface area contributed by atoms with Gasteiger partial charge in [0.1, 0.15) is 5.82 Å². The molecule has 5 heteroatoms. The van der Waals surface area contributed by atoms with E-state index in [9.17, 15) is 0 Å².